The van der Waals surface area contributed by atoms with Gasteiger partial charge in [-0.05, 0) is 44.6 Å². The third-order valence-corrected chi connectivity index (χ3v) is 6.62. The highest BCUT2D eigenvalue weighted by Crippen LogP contribution is 2.32. The van der Waals surface area contributed by atoms with E-state index in [1.54, 1.807) is 12.1 Å². The number of nitrogens with zero attached hydrogens (tertiary/aromatic N) is 3. The minimum atomic E-state index is -3.48. The van der Waals surface area contributed by atoms with Crippen molar-refractivity contribution in [2.45, 2.75) is 30.1 Å². The Kier molecular flexibility index (Phi) is 4.28. The van der Waals surface area contributed by atoms with Gasteiger partial charge < -0.3 is 14.6 Å². The largest absolute Gasteiger partial charge is 0.420 e. The van der Waals surface area contributed by atoms with E-state index < -0.39 is 9.84 Å². The number of benzene rings is 1. The van der Waals surface area contributed by atoms with Crippen LogP contribution in [0.25, 0.3) is 11.5 Å². The first-order valence-corrected chi connectivity index (χ1v) is 10.3. The second kappa shape index (κ2) is 6.48. The van der Waals surface area contributed by atoms with Crippen molar-refractivity contribution in [2.75, 3.05) is 31.2 Å². The van der Waals surface area contributed by atoms with Crippen molar-refractivity contribution < 1.29 is 17.6 Å². The number of aromatic nitrogens is 2. The predicted octanol–water partition coefficient (Wildman–Crippen LogP) is 1.66. The molecule has 1 aromatic heterocycles. The Bertz CT molecular complexity index is 953. The number of nitrogens with one attached hydrogen (secondary N) is 1. The summed E-state index contributed by atoms with van der Waals surface area (Å²) in [6.07, 6.45) is 2.04. The Hall–Kier alpha value is -2.26. The van der Waals surface area contributed by atoms with Gasteiger partial charge in [0.05, 0.1) is 22.3 Å². The summed E-state index contributed by atoms with van der Waals surface area (Å²) in [5, 5.41) is 10.9. The van der Waals surface area contributed by atoms with E-state index in [2.05, 4.69) is 27.5 Å². The van der Waals surface area contributed by atoms with Gasteiger partial charge in [0.25, 0.3) is 0 Å². The molecular formula is C17H20N4O4S. The van der Waals surface area contributed by atoms with Gasteiger partial charge in [0, 0.05) is 18.5 Å². The third kappa shape index (κ3) is 3.24. The Balaban J connectivity index is 1.66. The van der Waals surface area contributed by atoms with E-state index in [4.69, 9.17) is 4.42 Å². The first-order valence-electron chi connectivity index (χ1n) is 8.61. The molecule has 1 N–H and O–H groups in total. The number of hydrogen-bond acceptors (Lipinski definition) is 7. The van der Waals surface area contributed by atoms with Crippen LogP contribution in [0.3, 0.4) is 0 Å². The third-order valence-electron chi connectivity index (χ3n) is 4.85. The molecule has 2 aliphatic heterocycles. The van der Waals surface area contributed by atoms with Gasteiger partial charge in [-0.1, -0.05) is 0 Å². The van der Waals surface area contributed by atoms with E-state index in [0.717, 1.165) is 25.9 Å². The molecule has 0 aliphatic carbocycles. The molecule has 1 fully saturated rings. The van der Waals surface area contributed by atoms with Crippen molar-refractivity contribution >= 4 is 21.4 Å². The summed E-state index contributed by atoms with van der Waals surface area (Å²) in [5.74, 6) is 0.618. The lowest BCUT2D eigenvalue weighted by Gasteiger charge is -2.27. The molecule has 1 unspecified atom stereocenters. The number of likely N-dealkylation sites (tertiary alicyclic amines) is 1. The van der Waals surface area contributed by atoms with Crippen molar-refractivity contribution in [1.82, 2.24) is 15.1 Å². The number of carbonyl (C=O) groups is 1. The zero-order chi connectivity index (χ0) is 18.3. The SMILES string of the molecule is CN1CCCC(c2nnc(-c3ccc4c(c3)NC(=O)CCS4(=O)=O)o2)C1. The molecule has 1 amide bonds. The van der Waals surface area contributed by atoms with Crippen molar-refractivity contribution in [2.24, 2.45) is 0 Å². The number of likely N-dealkylation sites (N-methyl/N-ethyl adjacent to an activating group) is 1. The monoisotopic (exact) mass is 376 g/mol. The summed E-state index contributed by atoms with van der Waals surface area (Å²) in [5.41, 5.74) is 0.853. The van der Waals surface area contributed by atoms with Gasteiger partial charge in [-0.15, -0.1) is 10.2 Å². The molecule has 9 heteroatoms. The topological polar surface area (TPSA) is 105 Å². The van der Waals surface area contributed by atoms with Gasteiger partial charge in [0.15, 0.2) is 9.84 Å². The molecule has 26 heavy (non-hydrogen) atoms. The van der Waals surface area contributed by atoms with Crippen molar-refractivity contribution in [3.8, 4) is 11.5 Å². The van der Waals surface area contributed by atoms with Crippen LogP contribution in [-0.2, 0) is 14.6 Å². The quantitative estimate of drug-likeness (QED) is 0.850. The molecule has 0 spiro atoms. The molecule has 4 rings (SSSR count). The van der Waals surface area contributed by atoms with Crippen LogP contribution in [0.15, 0.2) is 27.5 Å². The smallest absolute Gasteiger partial charge is 0.247 e. The van der Waals surface area contributed by atoms with Gasteiger partial charge in [-0.3, -0.25) is 4.79 Å². The number of rotatable bonds is 2. The number of carbonyl (C=O) groups excluding carboxylic acids is 1. The average Bonchev–Trinajstić information content (AvgIpc) is 3.06. The lowest BCUT2D eigenvalue weighted by atomic mass is 9.99. The van der Waals surface area contributed by atoms with Crippen molar-refractivity contribution in [3.05, 3.63) is 24.1 Å². The van der Waals surface area contributed by atoms with Gasteiger partial charge in [-0.25, -0.2) is 8.42 Å². The molecule has 2 aliphatic rings. The molecule has 0 saturated carbocycles. The summed E-state index contributed by atoms with van der Waals surface area (Å²) in [7, 11) is -1.42. The fourth-order valence-electron chi connectivity index (χ4n) is 3.47. The first-order chi connectivity index (χ1) is 12.4. The maximum absolute atomic E-state index is 12.3. The number of anilines is 1. The summed E-state index contributed by atoms with van der Waals surface area (Å²) < 4.78 is 30.4. The van der Waals surface area contributed by atoms with Crippen molar-refractivity contribution in [1.29, 1.82) is 0 Å². The molecule has 2 aromatic rings. The summed E-state index contributed by atoms with van der Waals surface area (Å²) in [4.78, 5) is 14.2. The minimum absolute atomic E-state index is 0.0494. The van der Waals surface area contributed by atoms with E-state index >= 15 is 0 Å². The Labute approximate surface area is 151 Å². The Morgan fingerprint density at radius 3 is 2.96 bits per heavy atom. The molecule has 1 atom stereocenters. The fraction of sp³-hybridized carbons (Fsp3) is 0.471. The van der Waals surface area contributed by atoms with E-state index in [1.165, 1.54) is 6.07 Å². The van der Waals surface area contributed by atoms with Gasteiger partial charge in [0.2, 0.25) is 17.7 Å². The van der Waals surface area contributed by atoms with Crippen LogP contribution < -0.4 is 5.32 Å². The zero-order valence-corrected chi connectivity index (χ0v) is 15.3. The lowest BCUT2D eigenvalue weighted by Crippen LogP contribution is -2.30. The summed E-state index contributed by atoms with van der Waals surface area (Å²) >= 11 is 0. The second-order valence-electron chi connectivity index (χ2n) is 6.87. The highest BCUT2D eigenvalue weighted by atomic mass is 32.2. The van der Waals surface area contributed by atoms with Crippen LogP contribution in [0, 0.1) is 0 Å². The fourth-order valence-corrected chi connectivity index (χ4v) is 4.86. The Morgan fingerprint density at radius 1 is 1.31 bits per heavy atom. The van der Waals surface area contributed by atoms with Crippen LogP contribution >= 0.6 is 0 Å². The Morgan fingerprint density at radius 2 is 2.15 bits per heavy atom. The van der Waals surface area contributed by atoms with E-state index in [0.29, 0.717) is 17.3 Å². The average molecular weight is 376 g/mol. The van der Waals surface area contributed by atoms with E-state index in [-0.39, 0.29) is 34.6 Å². The number of sulfone groups is 1. The van der Waals surface area contributed by atoms with Crippen molar-refractivity contribution in [3.63, 3.8) is 0 Å². The maximum atomic E-state index is 12.3. The summed E-state index contributed by atoms with van der Waals surface area (Å²) in [6.45, 7) is 1.94. The molecule has 1 aromatic carbocycles. The van der Waals surface area contributed by atoms with E-state index in [1.807, 2.05) is 0 Å². The lowest BCUT2D eigenvalue weighted by molar-refractivity contribution is -0.115. The van der Waals surface area contributed by atoms with Crippen LogP contribution in [0.2, 0.25) is 0 Å². The van der Waals surface area contributed by atoms with E-state index in [9.17, 15) is 13.2 Å². The molecule has 138 valence electrons. The number of fused-ring (bicyclic) bond motifs is 1. The normalized spacial score (nSPS) is 23.1. The molecule has 0 bridgehead atoms. The van der Waals surface area contributed by atoms with Crippen LogP contribution in [-0.4, -0.2) is 55.3 Å². The summed E-state index contributed by atoms with van der Waals surface area (Å²) in [6, 6.07) is 4.71. The minimum Gasteiger partial charge on any atom is -0.420 e. The highest BCUT2D eigenvalue weighted by Gasteiger charge is 2.27. The van der Waals surface area contributed by atoms with Crippen LogP contribution in [0.4, 0.5) is 5.69 Å². The highest BCUT2D eigenvalue weighted by molar-refractivity contribution is 7.91. The maximum Gasteiger partial charge on any atom is 0.247 e. The molecule has 8 nitrogen and oxygen atoms in total. The number of amides is 1. The number of hydrogen-bond donors (Lipinski definition) is 1. The zero-order valence-electron chi connectivity index (χ0n) is 14.4. The van der Waals surface area contributed by atoms with Crippen LogP contribution in [0.1, 0.15) is 31.1 Å². The number of piperidine rings is 1. The second-order valence-corrected chi connectivity index (χ2v) is 8.95. The first kappa shape index (κ1) is 17.2. The van der Waals surface area contributed by atoms with Gasteiger partial charge >= 0.3 is 0 Å². The standard InChI is InChI=1S/C17H20N4O4S/c1-21-7-2-3-12(10-21)17-20-19-16(25-17)11-4-5-14-13(9-11)18-15(22)6-8-26(14,23)24/h4-5,9,12H,2-3,6-8,10H2,1H3,(H,18,22). The van der Waals surface area contributed by atoms with Crippen LogP contribution in [0.5, 0.6) is 0 Å². The predicted molar refractivity (Wildman–Crippen MR) is 94.5 cm³/mol. The molecular weight excluding hydrogens is 356 g/mol. The molecule has 3 heterocycles. The van der Waals surface area contributed by atoms with Gasteiger partial charge in [0.1, 0.15) is 0 Å². The van der Waals surface area contributed by atoms with Gasteiger partial charge in [-0.2, -0.15) is 0 Å². The molecule has 1 saturated heterocycles. The molecule has 0 radical (unpaired) electrons.